The molecular weight excluding hydrogens is 186 g/mol. The number of benzene rings is 1. The van der Waals surface area contributed by atoms with E-state index in [2.05, 4.69) is 18.5 Å². The number of ketones is 1. The Hall–Kier alpha value is -1.83. The van der Waals surface area contributed by atoms with E-state index in [4.69, 9.17) is 0 Å². The van der Waals surface area contributed by atoms with Crippen molar-refractivity contribution in [3.63, 3.8) is 0 Å². The van der Waals surface area contributed by atoms with Crippen LogP contribution in [0.15, 0.2) is 49.2 Å². The lowest BCUT2D eigenvalue weighted by atomic mass is 10.0. The second-order valence-electron chi connectivity index (χ2n) is 3.30. The maximum absolute atomic E-state index is 11.3. The van der Waals surface area contributed by atoms with Crippen molar-refractivity contribution < 1.29 is 4.79 Å². The van der Waals surface area contributed by atoms with Crippen molar-refractivity contribution in [2.45, 2.75) is 13.5 Å². The van der Waals surface area contributed by atoms with Crippen LogP contribution in [-0.2, 0) is 6.54 Å². The Morgan fingerprint density at radius 2 is 2.13 bits per heavy atom. The molecule has 0 aromatic heterocycles. The lowest BCUT2D eigenvalue weighted by molar-refractivity contribution is 0.101. The van der Waals surface area contributed by atoms with Crippen LogP contribution in [0.5, 0.6) is 0 Å². The molecule has 0 aliphatic carbocycles. The first-order valence-corrected chi connectivity index (χ1v) is 4.79. The van der Waals surface area contributed by atoms with Crippen molar-refractivity contribution in [2.75, 3.05) is 0 Å². The lowest BCUT2D eigenvalue weighted by Crippen LogP contribution is -2.12. The van der Waals surface area contributed by atoms with Gasteiger partial charge in [0.25, 0.3) is 0 Å². The summed E-state index contributed by atoms with van der Waals surface area (Å²) in [6.45, 7) is 9.52. The van der Waals surface area contributed by atoms with Gasteiger partial charge < -0.3 is 5.32 Å². The van der Waals surface area contributed by atoms with Crippen LogP contribution in [0.1, 0.15) is 22.8 Å². The van der Waals surface area contributed by atoms with Crippen molar-refractivity contribution in [3.8, 4) is 0 Å². The van der Waals surface area contributed by atoms with Crippen LogP contribution >= 0.6 is 0 Å². The Labute approximate surface area is 90.3 Å². The molecule has 0 amide bonds. The van der Waals surface area contributed by atoms with Gasteiger partial charge >= 0.3 is 0 Å². The van der Waals surface area contributed by atoms with Crippen LogP contribution < -0.4 is 5.32 Å². The summed E-state index contributed by atoms with van der Waals surface area (Å²) < 4.78 is 0. The average molecular weight is 201 g/mol. The van der Waals surface area contributed by atoms with E-state index in [1.807, 2.05) is 24.3 Å². The monoisotopic (exact) mass is 201 g/mol. The van der Waals surface area contributed by atoms with Gasteiger partial charge in [-0.05, 0) is 18.6 Å². The fourth-order valence-electron chi connectivity index (χ4n) is 1.30. The first kappa shape index (κ1) is 11.2. The predicted octanol–water partition coefficient (Wildman–Crippen LogP) is 2.68. The number of nitrogens with one attached hydrogen (secondary N) is 1. The van der Waals surface area contributed by atoms with Gasteiger partial charge in [-0.2, -0.15) is 0 Å². The quantitative estimate of drug-likeness (QED) is 0.586. The molecule has 0 radical (unpaired) electrons. The molecule has 0 aliphatic heterocycles. The summed E-state index contributed by atoms with van der Waals surface area (Å²) in [7, 11) is 0. The normalized spacial score (nSPS) is 9.40. The van der Waals surface area contributed by atoms with Gasteiger partial charge in [0.15, 0.2) is 5.78 Å². The van der Waals surface area contributed by atoms with E-state index in [0.29, 0.717) is 6.54 Å². The number of hydrogen-bond acceptors (Lipinski definition) is 2. The summed E-state index contributed by atoms with van der Waals surface area (Å²) in [5.41, 5.74) is 2.49. The summed E-state index contributed by atoms with van der Waals surface area (Å²) in [6, 6.07) is 7.54. The van der Waals surface area contributed by atoms with Crippen LogP contribution in [0.2, 0.25) is 0 Å². The highest BCUT2D eigenvalue weighted by molar-refractivity contribution is 5.95. The van der Waals surface area contributed by atoms with E-state index in [-0.39, 0.29) is 5.78 Å². The van der Waals surface area contributed by atoms with Crippen LogP contribution in [0.4, 0.5) is 0 Å². The summed E-state index contributed by atoms with van der Waals surface area (Å²) in [6.07, 6.45) is 1.65. The second-order valence-corrected chi connectivity index (χ2v) is 3.30. The van der Waals surface area contributed by atoms with E-state index in [9.17, 15) is 4.79 Å². The molecule has 0 atom stereocenters. The third kappa shape index (κ3) is 3.09. The molecule has 1 N–H and O–H groups in total. The topological polar surface area (TPSA) is 29.1 Å². The number of carbonyl (C=O) groups is 1. The van der Waals surface area contributed by atoms with Crippen molar-refractivity contribution >= 4 is 5.78 Å². The highest BCUT2D eigenvalue weighted by atomic mass is 16.1. The minimum absolute atomic E-state index is 0.0802. The third-order valence-electron chi connectivity index (χ3n) is 2.15. The molecule has 0 spiro atoms. The fourth-order valence-corrected chi connectivity index (χ4v) is 1.30. The zero-order chi connectivity index (χ0) is 11.3. The molecule has 78 valence electrons. The number of carbonyl (C=O) groups excluding carboxylic acids is 1. The molecule has 0 heterocycles. The van der Waals surface area contributed by atoms with Crippen molar-refractivity contribution in [1.82, 2.24) is 5.32 Å². The van der Waals surface area contributed by atoms with Gasteiger partial charge in [-0.15, -0.1) is 0 Å². The molecule has 0 bridgehead atoms. The molecule has 1 aromatic carbocycles. The Kier molecular flexibility index (Phi) is 3.86. The van der Waals surface area contributed by atoms with Gasteiger partial charge in [-0.25, -0.2) is 0 Å². The Morgan fingerprint density at radius 3 is 2.73 bits per heavy atom. The average Bonchev–Trinajstić information content (AvgIpc) is 2.26. The summed E-state index contributed by atoms with van der Waals surface area (Å²) in [4.78, 5) is 11.3. The van der Waals surface area contributed by atoms with Gasteiger partial charge in [0.05, 0.1) is 0 Å². The molecule has 0 aliphatic rings. The van der Waals surface area contributed by atoms with E-state index >= 15 is 0 Å². The molecule has 0 fully saturated rings. The molecule has 15 heavy (non-hydrogen) atoms. The first-order chi connectivity index (χ1) is 7.15. The van der Waals surface area contributed by atoms with E-state index in [1.54, 1.807) is 13.0 Å². The van der Waals surface area contributed by atoms with Crippen LogP contribution in [0.25, 0.3) is 0 Å². The third-order valence-corrected chi connectivity index (χ3v) is 2.15. The summed E-state index contributed by atoms with van der Waals surface area (Å²) in [5, 5.41) is 3.08. The molecular formula is C13H15NO. The van der Waals surface area contributed by atoms with Crippen LogP contribution in [0.3, 0.4) is 0 Å². The van der Waals surface area contributed by atoms with E-state index in [1.165, 1.54) is 0 Å². The van der Waals surface area contributed by atoms with Gasteiger partial charge in [0.2, 0.25) is 0 Å². The molecule has 2 heteroatoms. The van der Waals surface area contributed by atoms with Gasteiger partial charge in [0.1, 0.15) is 0 Å². The number of allylic oxidation sites excluding steroid dienone is 1. The van der Waals surface area contributed by atoms with Gasteiger partial charge in [-0.1, -0.05) is 37.4 Å². The Morgan fingerprint density at radius 1 is 1.47 bits per heavy atom. The predicted molar refractivity (Wildman–Crippen MR) is 62.6 cm³/mol. The lowest BCUT2D eigenvalue weighted by Gasteiger charge is -2.09. The Bertz CT molecular complexity index is 393. The summed E-state index contributed by atoms with van der Waals surface area (Å²) >= 11 is 0. The molecule has 1 aromatic rings. The minimum Gasteiger partial charge on any atom is -0.381 e. The van der Waals surface area contributed by atoms with Gasteiger partial charge in [-0.3, -0.25) is 4.79 Å². The zero-order valence-corrected chi connectivity index (χ0v) is 8.92. The second kappa shape index (κ2) is 5.15. The van der Waals surface area contributed by atoms with Crippen molar-refractivity contribution in [3.05, 3.63) is 60.3 Å². The largest absolute Gasteiger partial charge is 0.381 e. The highest BCUT2D eigenvalue weighted by Gasteiger charge is 2.04. The van der Waals surface area contributed by atoms with Crippen LogP contribution in [-0.4, -0.2) is 5.78 Å². The molecule has 0 saturated carbocycles. The summed E-state index contributed by atoms with van der Waals surface area (Å²) in [5.74, 6) is 0.0802. The number of Topliss-reactive ketones (excluding diaryl/α,β-unsaturated/α-hetero) is 1. The molecule has 2 nitrogen and oxygen atoms in total. The molecule has 1 rings (SSSR count). The van der Waals surface area contributed by atoms with E-state index < -0.39 is 0 Å². The van der Waals surface area contributed by atoms with Crippen molar-refractivity contribution in [1.29, 1.82) is 0 Å². The van der Waals surface area contributed by atoms with E-state index in [0.717, 1.165) is 16.8 Å². The SMILES string of the molecule is C=CC(=C)NCc1ccccc1C(C)=O. The van der Waals surface area contributed by atoms with Gasteiger partial charge in [0, 0.05) is 17.8 Å². The fraction of sp³-hybridized carbons (Fsp3) is 0.154. The minimum atomic E-state index is 0.0802. The van der Waals surface area contributed by atoms with Crippen molar-refractivity contribution in [2.24, 2.45) is 0 Å². The number of rotatable bonds is 5. The zero-order valence-electron chi connectivity index (χ0n) is 8.92. The maximum Gasteiger partial charge on any atom is 0.160 e. The highest BCUT2D eigenvalue weighted by Crippen LogP contribution is 2.09. The first-order valence-electron chi connectivity index (χ1n) is 4.79. The molecule has 0 unspecified atom stereocenters. The molecule has 0 saturated heterocycles. The van der Waals surface area contributed by atoms with Crippen LogP contribution in [0, 0.1) is 0 Å². The smallest absolute Gasteiger partial charge is 0.160 e. The number of hydrogen-bond donors (Lipinski definition) is 1. The standard InChI is InChI=1S/C13H15NO/c1-4-10(2)14-9-12-7-5-6-8-13(12)11(3)15/h4-8,14H,1-2,9H2,3H3. The maximum atomic E-state index is 11.3. The Balaban J connectivity index is 2.80.